The largest absolute Gasteiger partial charge is 0.374 e. The highest BCUT2D eigenvalue weighted by Crippen LogP contribution is 2.13. The monoisotopic (exact) mass is 171 g/mol. The molecule has 0 aliphatic carbocycles. The Hall–Kier alpha value is -0.0800. The Morgan fingerprint density at radius 2 is 1.92 bits per heavy atom. The highest BCUT2D eigenvalue weighted by Gasteiger charge is 2.20. The van der Waals surface area contributed by atoms with Gasteiger partial charge < -0.3 is 4.74 Å². The smallest absolute Gasteiger partial charge is 0.0677 e. The molecule has 0 N–H and O–H groups in total. The van der Waals surface area contributed by atoms with Gasteiger partial charge in [-0.25, -0.2) is 0 Å². The Morgan fingerprint density at radius 1 is 1.25 bits per heavy atom. The fourth-order valence-corrected chi connectivity index (χ4v) is 1.75. The van der Waals surface area contributed by atoms with Crippen molar-refractivity contribution in [2.45, 2.75) is 52.4 Å². The lowest BCUT2D eigenvalue weighted by molar-refractivity contribution is 0.0125. The van der Waals surface area contributed by atoms with Crippen molar-refractivity contribution >= 4 is 0 Å². The molecule has 0 unspecified atom stereocenters. The lowest BCUT2D eigenvalue weighted by atomic mass is 10.2. The molecule has 2 nitrogen and oxygen atoms in total. The van der Waals surface area contributed by atoms with Gasteiger partial charge in [0.2, 0.25) is 0 Å². The molecular weight excluding hydrogens is 150 g/mol. The van der Waals surface area contributed by atoms with Gasteiger partial charge in [-0.2, -0.15) is 0 Å². The van der Waals surface area contributed by atoms with Crippen LogP contribution in [-0.4, -0.2) is 36.2 Å². The quantitative estimate of drug-likeness (QED) is 0.597. The van der Waals surface area contributed by atoms with Crippen LogP contribution in [0.25, 0.3) is 0 Å². The van der Waals surface area contributed by atoms with Gasteiger partial charge in [0.25, 0.3) is 0 Å². The van der Waals surface area contributed by atoms with E-state index in [0.29, 0.717) is 18.2 Å². The first kappa shape index (κ1) is 10.0. The van der Waals surface area contributed by atoms with Crippen molar-refractivity contribution in [2.24, 2.45) is 0 Å². The first-order chi connectivity index (χ1) is 5.59. The molecule has 12 heavy (non-hydrogen) atoms. The van der Waals surface area contributed by atoms with Crippen molar-refractivity contribution in [3.05, 3.63) is 0 Å². The predicted molar refractivity (Wildman–Crippen MR) is 51.3 cm³/mol. The maximum Gasteiger partial charge on any atom is 0.0677 e. The van der Waals surface area contributed by atoms with Crippen molar-refractivity contribution < 1.29 is 4.74 Å². The van der Waals surface area contributed by atoms with Gasteiger partial charge in [-0.15, -0.1) is 0 Å². The molecule has 1 fully saturated rings. The second kappa shape index (κ2) is 4.24. The van der Waals surface area contributed by atoms with Crippen LogP contribution in [0.3, 0.4) is 0 Å². The Morgan fingerprint density at radius 3 is 2.50 bits per heavy atom. The van der Waals surface area contributed by atoms with Gasteiger partial charge in [-0.05, 0) is 34.1 Å². The predicted octanol–water partition coefficient (Wildman–Crippen LogP) is 1.89. The molecule has 1 rings (SSSR count). The summed E-state index contributed by atoms with van der Waals surface area (Å²) >= 11 is 0. The van der Waals surface area contributed by atoms with Crippen LogP contribution in [0, 0.1) is 0 Å². The molecule has 1 heterocycles. The molecule has 1 aliphatic rings. The van der Waals surface area contributed by atoms with Crippen LogP contribution in [0.15, 0.2) is 0 Å². The summed E-state index contributed by atoms with van der Waals surface area (Å²) < 4.78 is 5.75. The van der Waals surface area contributed by atoms with E-state index in [1.54, 1.807) is 0 Å². The molecule has 0 aromatic carbocycles. The minimum Gasteiger partial charge on any atom is -0.374 e. The van der Waals surface area contributed by atoms with Crippen LogP contribution in [0.1, 0.15) is 34.1 Å². The summed E-state index contributed by atoms with van der Waals surface area (Å²) in [5.74, 6) is 0. The van der Waals surface area contributed by atoms with Crippen LogP contribution in [0.2, 0.25) is 0 Å². The third kappa shape index (κ3) is 2.76. The van der Waals surface area contributed by atoms with E-state index in [1.807, 2.05) is 0 Å². The van der Waals surface area contributed by atoms with Crippen molar-refractivity contribution in [2.75, 3.05) is 13.1 Å². The first-order valence-electron chi connectivity index (χ1n) is 4.99. The molecular formula is C10H21NO. The average molecular weight is 171 g/mol. The lowest BCUT2D eigenvalue weighted by Gasteiger charge is -2.25. The summed E-state index contributed by atoms with van der Waals surface area (Å²) in [7, 11) is 0. The molecule has 0 bridgehead atoms. The van der Waals surface area contributed by atoms with E-state index in [4.69, 9.17) is 4.74 Å². The molecule has 0 aromatic rings. The SMILES string of the molecule is CC(C)N1CC[C@H](C)O[C@H](C)C1. The summed E-state index contributed by atoms with van der Waals surface area (Å²) in [6, 6.07) is 0.654. The third-order valence-corrected chi connectivity index (χ3v) is 2.51. The van der Waals surface area contributed by atoms with Crippen molar-refractivity contribution in [1.29, 1.82) is 0 Å². The zero-order valence-corrected chi connectivity index (χ0v) is 8.71. The normalized spacial score (nSPS) is 33.8. The Balaban J connectivity index is 2.46. The maximum atomic E-state index is 5.75. The summed E-state index contributed by atoms with van der Waals surface area (Å²) in [6.45, 7) is 11.1. The highest BCUT2D eigenvalue weighted by atomic mass is 16.5. The Bertz CT molecular complexity index is 136. The van der Waals surface area contributed by atoms with Crippen LogP contribution in [0.4, 0.5) is 0 Å². The maximum absolute atomic E-state index is 5.75. The van der Waals surface area contributed by atoms with Crippen LogP contribution in [-0.2, 0) is 4.74 Å². The number of hydrogen-bond donors (Lipinski definition) is 0. The summed E-state index contributed by atoms with van der Waals surface area (Å²) in [5, 5.41) is 0. The molecule has 0 aromatic heterocycles. The van der Waals surface area contributed by atoms with Gasteiger partial charge in [-0.1, -0.05) is 0 Å². The van der Waals surface area contributed by atoms with E-state index in [1.165, 1.54) is 13.0 Å². The zero-order chi connectivity index (χ0) is 9.14. The highest BCUT2D eigenvalue weighted by molar-refractivity contribution is 4.72. The van der Waals surface area contributed by atoms with Gasteiger partial charge in [0.1, 0.15) is 0 Å². The van der Waals surface area contributed by atoms with Crippen molar-refractivity contribution in [3.8, 4) is 0 Å². The fourth-order valence-electron chi connectivity index (χ4n) is 1.75. The van der Waals surface area contributed by atoms with E-state index in [2.05, 4.69) is 32.6 Å². The summed E-state index contributed by atoms with van der Waals surface area (Å²) in [4.78, 5) is 2.49. The third-order valence-electron chi connectivity index (χ3n) is 2.51. The van der Waals surface area contributed by atoms with E-state index >= 15 is 0 Å². The second-order valence-corrected chi connectivity index (χ2v) is 4.13. The standard InChI is InChI=1S/C10H21NO/c1-8(2)11-6-5-9(3)12-10(4)7-11/h8-10H,5-7H2,1-4H3/t9-,10+/m0/s1. The minimum absolute atomic E-state index is 0.393. The Labute approximate surface area is 75.9 Å². The van der Waals surface area contributed by atoms with E-state index in [-0.39, 0.29) is 0 Å². The van der Waals surface area contributed by atoms with Crippen molar-refractivity contribution in [3.63, 3.8) is 0 Å². The number of nitrogens with zero attached hydrogens (tertiary/aromatic N) is 1. The number of rotatable bonds is 1. The summed E-state index contributed by atoms with van der Waals surface area (Å²) in [6.07, 6.45) is 2.00. The number of hydrogen-bond acceptors (Lipinski definition) is 2. The van der Waals surface area contributed by atoms with Gasteiger partial charge in [0, 0.05) is 19.1 Å². The molecule has 2 heteroatoms. The van der Waals surface area contributed by atoms with Gasteiger partial charge in [0.15, 0.2) is 0 Å². The van der Waals surface area contributed by atoms with E-state index in [0.717, 1.165) is 6.54 Å². The molecule has 0 amide bonds. The van der Waals surface area contributed by atoms with Crippen molar-refractivity contribution in [1.82, 2.24) is 4.90 Å². The molecule has 0 saturated carbocycles. The molecule has 1 aliphatic heterocycles. The van der Waals surface area contributed by atoms with Gasteiger partial charge >= 0.3 is 0 Å². The Kier molecular flexibility index (Phi) is 3.53. The summed E-state index contributed by atoms with van der Waals surface area (Å²) in [5.41, 5.74) is 0. The zero-order valence-electron chi connectivity index (χ0n) is 8.71. The number of ether oxygens (including phenoxy) is 1. The van der Waals surface area contributed by atoms with Gasteiger partial charge in [-0.3, -0.25) is 4.90 Å². The first-order valence-corrected chi connectivity index (χ1v) is 4.99. The lowest BCUT2D eigenvalue weighted by Crippen LogP contribution is -2.35. The molecule has 1 saturated heterocycles. The minimum atomic E-state index is 0.393. The molecule has 72 valence electrons. The van der Waals surface area contributed by atoms with Gasteiger partial charge in [0.05, 0.1) is 12.2 Å². The topological polar surface area (TPSA) is 12.5 Å². The van der Waals surface area contributed by atoms with E-state index < -0.39 is 0 Å². The van der Waals surface area contributed by atoms with Crippen LogP contribution >= 0.6 is 0 Å². The second-order valence-electron chi connectivity index (χ2n) is 4.13. The average Bonchev–Trinajstić information content (AvgIpc) is 2.11. The van der Waals surface area contributed by atoms with Crippen LogP contribution in [0.5, 0.6) is 0 Å². The van der Waals surface area contributed by atoms with Crippen LogP contribution < -0.4 is 0 Å². The molecule has 0 radical (unpaired) electrons. The molecule has 2 atom stereocenters. The van der Waals surface area contributed by atoms with E-state index in [9.17, 15) is 0 Å². The fraction of sp³-hybridized carbons (Fsp3) is 1.00. The molecule has 0 spiro atoms.